The lowest BCUT2D eigenvalue weighted by molar-refractivity contribution is -0.276. The molecular formula is C16H17NO6. The number of nitrogens with zero attached hydrogens (tertiary/aromatic N) is 1. The van der Waals surface area contributed by atoms with Gasteiger partial charge in [0.15, 0.2) is 6.29 Å². The first-order valence-electron chi connectivity index (χ1n) is 7.43. The first kappa shape index (κ1) is 15.6. The van der Waals surface area contributed by atoms with Crippen molar-refractivity contribution in [1.29, 1.82) is 0 Å². The van der Waals surface area contributed by atoms with E-state index in [2.05, 4.69) is 0 Å². The highest BCUT2D eigenvalue weighted by molar-refractivity contribution is 6.20. The molecule has 1 saturated heterocycles. The van der Waals surface area contributed by atoms with Crippen LogP contribution in [0.2, 0.25) is 0 Å². The van der Waals surface area contributed by atoms with Crippen LogP contribution in [0.4, 0.5) is 0 Å². The van der Waals surface area contributed by atoms with E-state index in [1.54, 1.807) is 24.3 Å². The first-order chi connectivity index (χ1) is 11.0. The Kier molecular flexibility index (Phi) is 4.14. The van der Waals surface area contributed by atoms with Crippen LogP contribution in [0, 0.1) is 0 Å². The fourth-order valence-corrected chi connectivity index (χ4v) is 2.83. The third kappa shape index (κ3) is 3.11. The predicted molar refractivity (Wildman–Crippen MR) is 77.2 cm³/mol. The summed E-state index contributed by atoms with van der Waals surface area (Å²) in [6.45, 7) is 3.15. The van der Waals surface area contributed by atoms with Crippen molar-refractivity contribution in [2.24, 2.45) is 0 Å². The summed E-state index contributed by atoms with van der Waals surface area (Å²) in [6.07, 6.45) is -0.603. The Morgan fingerprint density at radius 3 is 2.35 bits per heavy atom. The number of ether oxygens (including phenoxy) is 2. The number of carbonyl (C=O) groups is 3. The first-order valence-corrected chi connectivity index (χ1v) is 7.43. The van der Waals surface area contributed by atoms with Gasteiger partial charge in [-0.05, 0) is 19.1 Å². The molecule has 0 radical (unpaired) electrons. The number of amides is 2. The lowest BCUT2D eigenvalue weighted by atomic mass is 10.1. The summed E-state index contributed by atoms with van der Waals surface area (Å²) in [6, 6.07) is 6.52. The van der Waals surface area contributed by atoms with Crippen LogP contribution >= 0.6 is 0 Å². The lowest BCUT2D eigenvalue weighted by Gasteiger charge is -2.33. The molecule has 0 unspecified atom stereocenters. The van der Waals surface area contributed by atoms with E-state index >= 15 is 0 Å². The molecule has 7 nitrogen and oxygen atoms in total. The number of hydrogen-bond acceptors (Lipinski definition) is 6. The summed E-state index contributed by atoms with van der Waals surface area (Å²) in [5.74, 6) is -1.42. The Labute approximate surface area is 133 Å². The molecule has 1 aromatic rings. The number of hydroxylamine groups is 2. The van der Waals surface area contributed by atoms with Gasteiger partial charge >= 0.3 is 5.97 Å². The molecule has 1 aromatic carbocycles. The molecule has 2 aliphatic heterocycles. The molecule has 3 rings (SSSR count). The van der Waals surface area contributed by atoms with Crippen LogP contribution in [-0.2, 0) is 19.1 Å². The van der Waals surface area contributed by atoms with E-state index in [-0.39, 0.29) is 24.6 Å². The van der Waals surface area contributed by atoms with Gasteiger partial charge in [0.25, 0.3) is 11.8 Å². The number of imide groups is 1. The average Bonchev–Trinajstić information content (AvgIpc) is 2.72. The van der Waals surface area contributed by atoms with Crippen LogP contribution in [0.5, 0.6) is 0 Å². The molecule has 122 valence electrons. The van der Waals surface area contributed by atoms with E-state index < -0.39 is 18.1 Å². The molecule has 0 bridgehead atoms. The fraction of sp³-hybridized carbons (Fsp3) is 0.438. The largest absolute Gasteiger partial charge is 0.462 e. The Hall–Kier alpha value is -2.25. The quantitative estimate of drug-likeness (QED) is 0.622. The minimum atomic E-state index is -0.828. The second-order valence-electron chi connectivity index (χ2n) is 5.63. The minimum absolute atomic E-state index is 0.215. The highest BCUT2D eigenvalue weighted by Gasteiger charge is 2.40. The number of carbonyl (C=O) groups excluding carboxylic acids is 3. The Morgan fingerprint density at radius 1 is 1.17 bits per heavy atom. The van der Waals surface area contributed by atoms with Gasteiger partial charge in [0.1, 0.15) is 6.10 Å². The fourth-order valence-electron chi connectivity index (χ4n) is 2.83. The van der Waals surface area contributed by atoms with Gasteiger partial charge in [-0.25, -0.2) is 4.84 Å². The zero-order valence-corrected chi connectivity index (χ0v) is 12.9. The van der Waals surface area contributed by atoms with E-state index in [9.17, 15) is 14.4 Å². The number of benzene rings is 1. The molecule has 7 heteroatoms. The van der Waals surface area contributed by atoms with Gasteiger partial charge in [-0.2, -0.15) is 0 Å². The highest BCUT2D eigenvalue weighted by atomic mass is 16.8. The molecule has 0 saturated carbocycles. The zero-order valence-electron chi connectivity index (χ0n) is 12.9. The average molecular weight is 319 g/mol. The maximum atomic E-state index is 12.3. The second-order valence-corrected chi connectivity index (χ2v) is 5.63. The predicted octanol–water partition coefficient (Wildman–Crippen LogP) is 1.67. The molecule has 0 spiro atoms. The van der Waals surface area contributed by atoms with Crippen LogP contribution in [0.1, 0.15) is 47.4 Å². The molecular weight excluding hydrogens is 302 g/mol. The number of esters is 1. The molecule has 0 aliphatic carbocycles. The van der Waals surface area contributed by atoms with Gasteiger partial charge in [0.05, 0.1) is 17.2 Å². The van der Waals surface area contributed by atoms with Crippen molar-refractivity contribution in [2.75, 3.05) is 0 Å². The molecule has 2 aliphatic rings. The standard InChI is InChI=1S/C16H17NO6/c1-9-7-11(22-10(2)18)8-14(21-9)23-17-15(19)12-5-3-4-6-13(12)16(17)20/h3-6,9,11,14H,7-8H2,1-2H3/t9-,11-,14-/m0/s1. The van der Waals surface area contributed by atoms with Crippen molar-refractivity contribution in [3.05, 3.63) is 35.4 Å². The Morgan fingerprint density at radius 2 is 1.78 bits per heavy atom. The highest BCUT2D eigenvalue weighted by Crippen LogP contribution is 2.28. The van der Waals surface area contributed by atoms with E-state index in [0.717, 1.165) is 5.06 Å². The van der Waals surface area contributed by atoms with Crippen LogP contribution in [0.3, 0.4) is 0 Å². The van der Waals surface area contributed by atoms with Crippen LogP contribution in [-0.4, -0.2) is 41.3 Å². The lowest BCUT2D eigenvalue weighted by Crippen LogP contribution is -2.43. The maximum Gasteiger partial charge on any atom is 0.302 e. The van der Waals surface area contributed by atoms with Gasteiger partial charge in [-0.3, -0.25) is 14.4 Å². The summed E-state index contributed by atoms with van der Waals surface area (Å²) >= 11 is 0. The third-order valence-corrected chi connectivity index (χ3v) is 3.75. The summed E-state index contributed by atoms with van der Waals surface area (Å²) in [5.41, 5.74) is 0.607. The molecule has 23 heavy (non-hydrogen) atoms. The monoisotopic (exact) mass is 319 g/mol. The normalized spacial score (nSPS) is 27.0. The van der Waals surface area contributed by atoms with Crippen molar-refractivity contribution in [3.8, 4) is 0 Å². The van der Waals surface area contributed by atoms with Crippen molar-refractivity contribution in [1.82, 2.24) is 5.06 Å². The maximum absolute atomic E-state index is 12.3. The number of rotatable bonds is 3. The number of hydrogen-bond donors (Lipinski definition) is 0. The Bertz CT molecular complexity index is 623. The van der Waals surface area contributed by atoms with Crippen molar-refractivity contribution in [2.45, 2.75) is 45.2 Å². The second kappa shape index (κ2) is 6.10. The minimum Gasteiger partial charge on any atom is -0.462 e. The molecule has 0 aromatic heterocycles. The van der Waals surface area contributed by atoms with E-state index in [1.165, 1.54) is 6.92 Å². The SMILES string of the molecule is CC(=O)O[C@@H]1C[C@H](ON2C(=O)c3ccccc3C2=O)O[C@@H](C)C1. The van der Waals surface area contributed by atoms with Crippen molar-refractivity contribution < 1.29 is 28.7 Å². The van der Waals surface area contributed by atoms with E-state index in [4.69, 9.17) is 14.3 Å². The molecule has 2 heterocycles. The number of fused-ring (bicyclic) bond motifs is 1. The zero-order chi connectivity index (χ0) is 16.6. The van der Waals surface area contributed by atoms with Gasteiger partial charge < -0.3 is 9.47 Å². The van der Waals surface area contributed by atoms with Gasteiger partial charge in [0.2, 0.25) is 0 Å². The van der Waals surface area contributed by atoms with Crippen molar-refractivity contribution >= 4 is 17.8 Å². The summed E-state index contributed by atoms with van der Waals surface area (Å²) < 4.78 is 10.8. The van der Waals surface area contributed by atoms with E-state index in [0.29, 0.717) is 17.5 Å². The van der Waals surface area contributed by atoms with Crippen LogP contribution < -0.4 is 0 Å². The van der Waals surface area contributed by atoms with Gasteiger partial charge in [-0.15, -0.1) is 5.06 Å². The smallest absolute Gasteiger partial charge is 0.302 e. The van der Waals surface area contributed by atoms with E-state index in [1.807, 2.05) is 6.92 Å². The van der Waals surface area contributed by atoms with Gasteiger partial charge in [-0.1, -0.05) is 12.1 Å². The van der Waals surface area contributed by atoms with Crippen LogP contribution in [0.25, 0.3) is 0 Å². The molecule has 3 atom stereocenters. The Balaban J connectivity index is 1.71. The summed E-state index contributed by atoms with van der Waals surface area (Å²) in [5, 5.41) is 0.720. The topological polar surface area (TPSA) is 82.1 Å². The summed E-state index contributed by atoms with van der Waals surface area (Å²) in [7, 11) is 0. The molecule has 1 fully saturated rings. The molecule has 2 amide bonds. The van der Waals surface area contributed by atoms with Gasteiger partial charge in [0, 0.05) is 19.8 Å². The summed E-state index contributed by atoms with van der Waals surface area (Å²) in [4.78, 5) is 41.1. The third-order valence-electron chi connectivity index (χ3n) is 3.75. The van der Waals surface area contributed by atoms with Crippen molar-refractivity contribution in [3.63, 3.8) is 0 Å². The molecule has 0 N–H and O–H groups in total. The van der Waals surface area contributed by atoms with Crippen LogP contribution in [0.15, 0.2) is 24.3 Å².